The summed E-state index contributed by atoms with van der Waals surface area (Å²) >= 11 is 0. The van der Waals surface area contributed by atoms with Gasteiger partial charge in [0.1, 0.15) is 6.54 Å². The number of aromatic nitrogens is 4. The monoisotopic (exact) mass is 399 g/mol. The van der Waals surface area contributed by atoms with E-state index in [1.807, 2.05) is 6.07 Å². The summed E-state index contributed by atoms with van der Waals surface area (Å²) in [5, 5.41) is 0. The van der Waals surface area contributed by atoms with E-state index in [-0.39, 0.29) is 17.7 Å². The summed E-state index contributed by atoms with van der Waals surface area (Å²) in [5.74, 6) is -1.10. The fourth-order valence-corrected chi connectivity index (χ4v) is 2.99. The van der Waals surface area contributed by atoms with Crippen molar-refractivity contribution in [3.63, 3.8) is 0 Å². The standard InChI is InChI=1S/C19H21N5O5/c1-12(17(26)21(2)13-8-6-5-7-9-13)29-14(25)10-24-11-20-16-15(24)18(27)23(4)19(28)22(16)3/h5-9,11-12H,10H2,1-4H3/t12-/m1/s1. The zero-order valence-corrected chi connectivity index (χ0v) is 16.5. The molecule has 1 aromatic carbocycles. The molecule has 3 rings (SSSR count). The maximum Gasteiger partial charge on any atom is 0.332 e. The minimum atomic E-state index is -1.02. The van der Waals surface area contributed by atoms with Crippen LogP contribution in [-0.2, 0) is 35.0 Å². The number of amides is 1. The lowest BCUT2D eigenvalue weighted by Gasteiger charge is -2.21. The van der Waals surface area contributed by atoms with Crippen molar-refractivity contribution in [2.45, 2.75) is 19.6 Å². The Labute approximate surface area is 165 Å². The van der Waals surface area contributed by atoms with Crippen LogP contribution in [0.4, 0.5) is 5.69 Å². The first-order valence-corrected chi connectivity index (χ1v) is 8.85. The van der Waals surface area contributed by atoms with Crippen molar-refractivity contribution in [3.8, 4) is 0 Å². The smallest absolute Gasteiger partial charge is 0.332 e. The van der Waals surface area contributed by atoms with Crippen molar-refractivity contribution in [2.24, 2.45) is 14.1 Å². The summed E-state index contributed by atoms with van der Waals surface area (Å²) < 4.78 is 8.71. The number of nitrogens with zero attached hydrogens (tertiary/aromatic N) is 5. The number of hydrogen-bond donors (Lipinski definition) is 0. The second kappa shape index (κ2) is 7.74. The van der Waals surface area contributed by atoms with Gasteiger partial charge >= 0.3 is 11.7 Å². The third kappa shape index (κ3) is 3.68. The van der Waals surface area contributed by atoms with Crippen LogP contribution in [0.3, 0.4) is 0 Å². The predicted octanol–water partition coefficient (Wildman–Crippen LogP) is 0.0284. The number of ether oxygens (including phenoxy) is 1. The number of carbonyl (C=O) groups is 2. The molecule has 0 saturated heterocycles. The maximum absolute atomic E-state index is 12.5. The molecular weight excluding hydrogens is 378 g/mol. The predicted molar refractivity (Wildman–Crippen MR) is 106 cm³/mol. The highest BCUT2D eigenvalue weighted by Gasteiger charge is 2.23. The topological polar surface area (TPSA) is 108 Å². The number of hydrogen-bond acceptors (Lipinski definition) is 6. The van der Waals surface area contributed by atoms with E-state index in [0.29, 0.717) is 5.69 Å². The number of carbonyl (C=O) groups excluding carboxylic acids is 2. The van der Waals surface area contributed by atoms with E-state index in [4.69, 9.17) is 4.74 Å². The summed E-state index contributed by atoms with van der Waals surface area (Å²) in [7, 11) is 4.43. The van der Waals surface area contributed by atoms with Gasteiger partial charge in [0.25, 0.3) is 11.5 Å². The van der Waals surface area contributed by atoms with Gasteiger partial charge in [-0.2, -0.15) is 0 Å². The van der Waals surface area contributed by atoms with Crippen LogP contribution in [0.2, 0.25) is 0 Å². The molecule has 0 spiro atoms. The first kappa shape index (κ1) is 20.1. The number of likely N-dealkylation sites (N-methyl/N-ethyl adjacent to an activating group) is 1. The molecule has 0 fully saturated rings. The van der Waals surface area contributed by atoms with Crippen LogP contribution in [0.5, 0.6) is 0 Å². The first-order valence-electron chi connectivity index (χ1n) is 8.85. The molecule has 10 heteroatoms. The molecule has 2 aromatic heterocycles. The zero-order valence-electron chi connectivity index (χ0n) is 16.5. The van der Waals surface area contributed by atoms with Gasteiger partial charge in [-0.25, -0.2) is 9.78 Å². The SMILES string of the molecule is C[C@@H](OC(=O)Cn1cnc2c1c(=O)n(C)c(=O)n2C)C(=O)N(C)c1ccccc1. The van der Waals surface area contributed by atoms with Gasteiger partial charge in [-0.05, 0) is 19.1 Å². The van der Waals surface area contributed by atoms with Crippen LogP contribution in [0.15, 0.2) is 46.2 Å². The van der Waals surface area contributed by atoms with Crippen molar-refractivity contribution >= 4 is 28.7 Å². The Morgan fingerprint density at radius 2 is 1.79 bits per heavy atom. The van der Waals surface area contributed by atoms with E-state index >= 15 is 0 Å². The number of esters is 1. The highest BCUT2D eigenvalue weighted by molar-refractivity contribution is 5.96. The Morgan fingerprint density at radius 3 is 2.45 bits per heavy atom. The molecular formula is C19H21N5O5. The molecule has 29 heavy (non-hydrogen) atoms. The lowest BCUT2D eigenvalue weighted by atomic mass is 10.2. The molecule has 0 N–H and O–H groups in total. The van der Waals surface area contributed by atoms with Crippen LogP contribution in [0.25, 0.3) is 11.2 Å². The average Bonchev–Trinajstić information content (AvgIpc) is 3.13. The molecule has 0 aliphatic heterocycles. The van der Waals surface area contributed by atoms with Gasteiger partial charge < -0.3 is 14.2 Å². The number of anilines is 1. The molecule has 1 atom stereocenters. The van der Waals surface area contributed by atoms with Crippen LogP contribution in [-0.4, -0.2) is 43.7 Å². The fraction of sp³-hybridized carbons (Fsp3) is 0.316. The van der Waals surface area contributed by atoms with Crippen LogP contribution < -0.4 is 16.1 Å². The third-order valence-electron chi connectivity index (χ3n) is 4.65. The van der Waals surface area contributed by atoms with E-state index in [1.165, 1.54) is 41.4 Å². The lowest BCUT2D eigenvalue weighted by molar-refractivity contribution is -0.154. The molecule has 152 valence electrons. The minimum Gasteiger partial charge on any atom is -0.451 e. The molecule has 0 bridgehead atoms. The van der Waals surface area contributed by atoms with E-state index in [1.54, 1.807) is 31.3 Å². The number of aryl methyl sites for hydroxylation is 1. The summed E-state index contributed by atoms with van der Waals surface area (Å²) in [6, 6.07) is 8.97. The van der Waals surface area contributed by atoms with Gasteiger partial charge in [0.15, 0.2) is 17.3 Å². The lowest BCUT2D eigenvalue weighted by Crippen LogP contribution is -2.39. The van der Waals surface area contributed by atoms with Crippen molar-refractivity contribution in [3.05, 3.63) is 57.5 Å². The van der Waals surface area contributed by atoms with Crippen molar-refractivity contribution in [1.82, 2.24) is 18.7 Å². The Kier molecular flexibility index (Phi) is 5.35. The first-order chi connectivity index (χ1) is 13.7. The largest absolute Gasteiger partial charge is 0.451 e. The van der Waals surface area contributed by atoms with Crippen molar-refractivity contribution < 1.29 is 14.3 Å². The molecule has 0 saturated carbocycles. The Balaban J connectivity index is 1.77. The number of fused-ring (bicyclic) bond motifs is 1. The Hall–Kier alpha value is -3.69. The molecule has 3 aromatic rings. The van der Waals surface area contributed by atoms with Gasteiger partial charge in [0.2, 0.25) is 0 Å². The molecule has 1 amide bonds. The highest BCUT2D eigenvalue weighted by Crippen LogP contribution is 2.13. The van der Waals surface area contributed by atoms with E-state index in [9.17, 15) is 19.2 Å². The Bertz CT molecular complexity index is 1190. The quantitative estimate of drug-likeness (QED) is 0.560. The number of rotatable bonds is 5. The second-order valence-corrected chi connectivity index (χ2v) is 6.62. The third-order valence-corrected chi connectivity index (χ3v) is 4.65. The van der Waals surface area contributed by atoms with Gasteiger partial charge in [-0.1, -0.05) is 18.2 Å². The highest BCUT2D eigenvalue weighted by atomic mass is 16.5. The summed E-state index contributed by atoms with van der Waals surface area (Å²) in [6.07, 6.45) is 0.268. The van der Waals surface area contributed by atoms with Gasteiger partial charge in [-0.3, -0.25) is 23.5 Å². The molecule has 0 radical (unpaired) electrons. The second-order valence-electron chi connectivity index (χ2n) is 6.62. The summed E-state index contributed by atoms with van der Waals surface area (Å²) in [4.78, 5) is 54.7. The maximum atomic E-state index is 12.5. The van der Waals surface area contributed by atoms with E-state index < -0.39 is 29.2 Å². The van der Waals surface area contributed by atoms with Crippen LogP contribution in [0.1, 0.15) is 6.92 Å². The molecule has 0 aliphatic rings. The number of benzene rings is 1. The number of imidazole rings is 1. The molecule has 0 unspecified atom stereocenters. The van der Waals surface area contributed by atoms with Crippen LogP contribution in [0, 0.1) is 0 Å². The van der Waals surface area contributed by atoms with Gasteiger partial charge in [0, 0.05) is 26.8 Å². The minimum absolute atomic E-state index is 0.104. The van der Waals surface area contributed by atoms with Gasteiger partial charge in [0.05, 0.1) is 6.33 Å². The average molecular weight is 399 g/mol. The summed E-state index contributed by atoms with van der Waals surface area (Å²) in [5.41, 5.74) is -0.143. The van der Waals surface area contributed by atoms with Crippen LogP contribution >= 0.6 is 0 Å². The van der Waals surface area contributed by atoms with E-state index in [2.05, 4.69) is 4.98 Å². The number of para-hydroxylation sites is 1. The molecule has 2 heterocycles. The zero-order chi connectivity index (χ0) is 21.3. The van der Waals surface area contributed by atoms with Crippen molar-refractivity contribution in [2.75, 3.05) is 11.9 Å². The van der Waals surface area contributed by atoms with Crippen molar-refractivity contribution in [1.29, 1.82) is 0 Å². The molecule has 10 nitrogen and oxygen atoms in total. The fourth-order valence-electron chi connectivity index (χ4n) is 2.99. The summed E-state index contributed by atoms with van der Waals surface area (Å²) in [6.45, 7) is 1.16. The molecule has 0 aliphatic carbocycles. The normalized spacial score (nSPS) is 12.0. The van der Waals surface area contributed by atoms with E-state index in [0.717, 1.165) is 4.57 Å². The van der Waals surface area contributed by atoms with Gasteiger partial charge in [-0.15, -0.1) is 0 Å². The Morgan fingerprint density at radius 1 is 1.14 bits per heavy atom.